The van der Waals surface area contributed by atoms with Crippen LogP contribution in [0, 0.1) is 10.8 Å². The topological polar surface area (TPSA) is 66.4 Å². The summed E-state index contributed by atoms with van der Waals surface area (Å²) in [7, 11) is 0. The molecule has 4 nitrogen and oxygen atoms in total. The fraction of sp³-hybridized carbons (Fsp3) is 0.846. The molecule has 1 amide bonds. The molecule has 1 aliphatic carbocycles. The molecule has 4 heteroatoms. The van der Waals surface area contributed by atoms with Crippen molar-refractivity contribution in [2.75, 3.05) is 6.54 Å². The van der Waals surface area contributed by atoms with Crippen LogP contribution in [-0.4, -0.2) is 23.5 Å². The number of hydrogen-bond donors (Lipinski definition) is 2. The van der Waals surface area contributed by atoms with Crippen molar-refractivity contribution in [1.82, 2.24) is 5.32 Å². The van der Waals surface area contributed by atoms with E-state index in [1.807, 2.05) is 20.8 Å². The third-order valence-electron chi connectivity index (χ3n) is 3.33. The van der Waals surface area contributed by atoms with E-state index in [2.05, 4.69) is 5.32 Å². The largest absolute Gasteiger partial charge is 0.481 e. The number of aliphatic carboxylic acids is 1. The highest BCUT2D eigenvalue weighted by Gasteiger charge is 2.41. The molecule has 0 aromatic rings. The van der Waals surface area contributed by atoms with Crippen LogP contribution in [0.25, 0.3) is 0 Å². The van der Waals surface area contributed by atoms with Crippen LogP contribution in [0.2, 0.25) is 0 Å². The van der Waals surface area contributed by atoms with Crippen molar-refractivity contribution < 1.29 is 14.7 Å². The minimum Gasteiger partial charge on any atom is -0.481 e. The fourth-order valence-corrected chi connectivity index (χ4v) is 2.33. The molecule has 17 heavy (non-hydrogen) atoms. The molecular weight excluding hydrogens is 218 g/mol. The van der Waals surface area contributed by atoms with Gasteiger partial charge in [0.15, 0.2) is 0 Å². The molecule has 0 aromatic heterocycles. The van der Waals surface area contributed by atoms with E-state index in [-0.39, 0.29) is 17.9 Å². The summed E-state index contributed by atoms with van der Waals surface area (Å²) in [5, 5.41) is 12.0. The van der Waals surface area contributed by atoms with Gasteiger partial charge in [-0.25, -0.2) is 0 Å². The van der Waals surface area contributed by atoms with Crippen molar-refractivity contribution in [1.29, 1.82) is 0 Å². The maximum absolute atomic E-state index is 11.7. The van der Waals surface area contributed by atoms with E-state index in [9.17, 15) is 14.7 Å². The Kier molecular flexibility index (Phi) is 4.17. The lowest BCUT2D eigenvalue weighted by Crippen LogP contribution is -2.42. The number of carboxylic acids is 1. The normalized spacial score (nSPS) is 19.0. The SMILES string of the molecule is CC(C)(C)CC(=O)NCC1(C(=O)O)CCCC1. The minimum absolute atomic E-state index is 0.0509. The predicted molar refractivity (Wildman–Crippen MR) is 65.6 cm³/mol. The Morgan fingerprint density at radius 2 is 1.76 bits per heavy atom. The van der Waals surface area contributed by atoms with Crippen LogP contribution in [0.4, 0.5) is 0 Å². The summed E-state index contributed by atoms with van der Waals surface area (Å²) in [6.07, 6.45) is 3.68. The summed E-state index contributed by atoms with van der Waals surface area (Å²) >= 11 is 0. The summed E-state index contributed by atoms with van der Waals surface area (Å²) in [6.45, 7) is 6.26. The minimum atomic E-state index is -0.772. The van der Waals surface area contributed by atoms with E-state index in [1.165, 1.54) is 0 Å². The zero-order valence-electron chi connectivity index (χ0n) is 11.0. The zero-order chi connectivity index (χ0) is 13.1. The van der Waals surface area contributed by atoms with Crippen molar-refractivity contribution in [2.24, 2.45) is 10.8 Å². The van der Waals surface area contributed by atoms with Crippen LogP contribution in [0.15, 0.2) is 0 Å². The van der Waals surface area contributed by atoms with Crippen LogP contribution >= 0.6 is 0 Å². The number of hydrogen-bond acceptors (Lipinski definition) is 2. The first kappa shape index (κ1) is 14.0. The third kappa shape index (κ3) is 4.02. The van der Waals surface area contributed by atoms with Gasteiger partial charge in [-0.15, -0.1) is 0 Å². The van der Waals surface area contributed by atoms with Crippen LogP contribution in [0.5, 0.6) is 0 Å². The highest BCUT2D eigenvalue weighted by molar-refractivity contribution is 5.79. The maximum atomic E-state index is 11.7. The van der Waals surface area contributed by atoms with Crippen molar-refractivity contribution in [3.8, 4) is 0 Å². The van der Waals surface area contributed by atoms with E-state index >= 15 is 0 Å². The second-order valence-corrected chi connectivity index (χ2v) is 6.31. The van der Waals surface area contributed by atoms with Gasteiger partial charge in [-0.3, -0.25) is 9.59 Å². The first-order valence-corrected chi connectivity index (χ1v) is 6.25. The fourth-order valence-electron chi connectivity index (χ4n) is 2.33. The zero-order valence-corrected chi connectivity index (χ0v) is 11.0. The molecule has 0 aromatic carbocycles. The van der Waals surface area contributed by atoms with Crippen LogP contribution < -0.4 is 5.32 Å². The lowest BCUT2D eigenvalue weighted by molar-refractivity contribution is -0.148. The van der Waals surface area contributed by atoms with E-state index in [4.69, 9.17) is 0 Å². The second kappa shape index (κ2) is 5.07. The van der Waals surface area contributed by atoms with E-state index in [0.29, 0.717) is 19.3 Å². The number of amides is 1. The molecule has 0 atom stereocenters. The molecule has 1 rings (SSSR count). The molecule has 0 bridgehead atoms. The van der Waals surface area contributed by atoms with Gasteiger partial charge >= 0.3 is 5.97 Å². The number of rotatable bonds is 4. The highest BCUT2D eigenvalue weighted by Crippen LogP contribution is 2.37. The monoisotopic (exact) mass is 241 g/mol. The summed E-state index contributed by atoms with van der Waals surface area (Å²) < 4.78 is 0. The Hall–Kier alpha value is -1.06. The van der Waals surface area contributed by atoms with E-state index < -0.39 is 11.4 Å². The Balaban J connectivity index is 2.48. The van der Waals surface area contributed by atoms with Crippen molar-refractivity contribution in [2.45, 2.75) is 52.9 Å². The van der Waals surface area contributed by atoms with Crippen molar-refractivity contribution in [3.63, 3.8) is 0 Å². The quantitative estimate of drug-likeness (QED) is 0.792. The predicted octanol–water partition coefficient (Wildman–Crippen LogP) is 2.18. The number of carboxylic acid groups (broad SMARTS) is 1. The van der Waals surface area contributed by atoms with E-state index in [1.54, 1.807) is 0 Å². The average Bonchev–Trinajstić information content (AvgIpc) is 2.61. The number of carbonyl (C=O) groups is 2. The molecular formula is C13H23NO3. The van der Waals surface area contributed by atoms with Crippen molar-refractivity contribution in [3.05, 3.63) is 0 Å². The molecule has 2 N–H and O–H groups in total. The lowest BCUT2D eigenvalue weighted by Gasteiger charge is -2.25. The molecule has 0 unspecified atom stereocenters. The van der Waals surface area contributed by atoms with Gasteiger partial charge in [0.1, 0.15) is 0 Å². The summed E-state index contributed by atoms with van der Waals surface area (Å²) in [4.78, 5) is 22.9. The summed E-state index contributed by atoms with van der Waals surface area (Å²) in [5.41, 5.74) is -0.774. The average molecular weight is 241 g/mol. The number of nitrogens with one attached hydrogen (secondary N) is 1. The van der Waals surface area contributed by atoms with Crippen molar-refractivity contribution >= 4 is 11.9 Å². The molecule has 98 valence electrons. The maximum Gasteiger partial charge on any atom is 0.311 e. The highest BCUT2D eigenvalue weighted by atomic mass is 16.4. The van der Waals surface area contributed by atoms with Gasteiger partial charge < -0.3 is 10.4 Å². The molecule has 1 saturated carbocycles. The van der Waals surface area contributed by atoms with Gasteiger partial charge in [-0.1, -0.05) is 33.6 Å². The third-order valence-corrected chi connectivity index (χ3v) is 3.33. The number of carbonyl (C=O) groups excluding carboxylic acids is 1. The van der Waals surface area contributed by atoms with Crippen LogP contribution in [0.1, 0.15) is 52.9 Å². The van der Waals surface area contributed by atoms with E-state index in [0.717, 1.165) is 12.8 Å². The van der Waals surface area contributed by atoms with Gasteiger partial charge in [-0.2, -0.15) is 0 Å². The Morgan fingerprint density at radius 1 is 1.24 bits per heavy atom. The van der Waals surface area contributed by atoms with Gasteiger partial charge in [0.05, 0.1) is 5.41 Å². The second-order valence-electron chi connectivity index (χ2n) is 6.31. The molecule has 0 radical (unpaired) electrons. The molecule has 1 fully saturated rings. The first-order chi connectivity index (χ1) is 7.75. The first-order valence-electron chi connectivity index (χ1n) is 6.25. The summed E-state index contributed by atoms with van der Waals surface area (Å²) in [6, 6.07) is 0. The van der Waals surface area contributed by atoms with Gasteiger partial charge in [0.2, 0.25) is 5.91 Å². The lowest BCUT2D eigenvalue weighted by atomic mass is 9.86. The standard InChI is InChI=1S/C13H23NO3/c1-12(2,3)8-10(15)14-9-13(11(16)17)6-4-5-7-13/h4-9H2,1-3H3,(H,14,15)(H,16,17). The van der Waals surface area contributed by atoms with Gasteiger partial charge in [0, 0.05) is 13.0 Å². The van der Waals surface area contributed by atoms with Gasteiger partial charge in [-0.05, 0) is 18.3 Å². The Morgan fingerprint density at radius 3 is 2.18 bits per heavy atom. The van der Waals surface area contributed by atoms with Crippen LogP contribution in [-0.2, 0) is 9.59 Å². The Bertz CT molecular complexity index is 298. The molecule has 0 aliphatic heterocycles. The molecule has 0 spiro atoms. The van der Waals surface area contributed by atoms with Crippen LogP contribution in [0.3, 0.4) is 0 Å². The molecule has 0 heterocycles. The molecule has 1 aliphatic rings. The summed E-state index contributed by atoms with van der Waals surface area (Å²) in [5.74, 6) is -0.823. The molecule has 0 saturated heterocycles. The van der Waals surface area contributed by atoms with Gasteiger partial charge in [0.25, 0.3) is 0 Å². The smallest absolute Gasteiger partial charge is 0.311 e. The Labute approximate surface area is 103 Å².